The summed E-state index contributed by atoms with van der Waals surface area (Å²) in [4.78, 5) is 21.1. The van der Waals surface area contributed by atoms with Gasteiger partial charge in [0.05, 0.1) is 14.2 Å². The number of nitrogens with one attached hydrogen (secondary N) is 1. The van der Waals surface area contributed by atoms with E-state index in [1.165, 1.54) is 0 Å². The zero-order valence-electron chi connectivity index (χ0n) is 15.2. The summed E-state index contributed by atoms with van der Waals surface area (Å²) in [5.41, 5.74) is 9.05. The summed E-state index contributed by atoms with van der Waals surface area (Å²) in [5, 5.41) is 2.93. The monoisotopic (exact) mass is 356 g/mol. The van der Waals surface area contributed by atoms with Gasteiger partial charge in [0, 0.05) is 23.9 Å². The van der Waals surface area contributed by atoms with Crippen molar-refractivity contribution in [2.45, 2.75) is 32.1 Å². The van der Waals surface area contributed by atoms with E-state index in [0.717, 1.165) is 54.0 Å². The standard InChI is InChI=1S/C19H24N4O3/c1-25-13-9-12(10-14(11-13)26-2)7-8-21-18(24)17-15-5-3-4-6-16(15)22-19(20)23-17/h9-11H,3-8H2,1-2H3,(H,21,24)(H2,20,22,23). The van der Waals surface area contributed by atoms with Crippen LogP contribution < -0.4 is 20.5 Å². The first kappa shape index (κ1) is 18.0. The second-order valence-electron chi connectivity index (χ2n) is 6.29. The minimum Gasteiger partial charge on any atom is -0.497 e. The van der Waals surface area contributed by atoms with Crippen LogP contribution in [-0.4, -0.2) is 36.6 Å². The summed E-state index contributed by atoms with van der Waals surface area (Å²) < 4.78 is 10.5. The molecule has 138 valence electrons. The Morgan fingerprint density at radius 2 is 1.81 bits per heavy atom. The number of carbonyl (C=O) groups is 1. The number of nitrogens with two attached hydrogens (primary N) is 1. The van der Waals surface area contributed by atoms with Crippen molar-refractivity contribution in [3.05, 3.63) is 40.7 Å². The summed E-state index contributed by atoms with van der Waals surface area (Å²) in [5.74, 6) is 1.41. The average Bonchev–Trinajstić information content (AvgIpc) is 2.66. The molecule has 1 aliphatic carbocycles. The Kier molecular flexibility index (Phi) is 5.55. The Balaban J connectivity index is 1.68. The molecule has 2 aromatic rings. The number of hydrogen-bond acceptors (Lipinski definition) is 6. The lowest BCUT2D eigenvalue weighted by Crippen LogP contribution is -2.29. The van der Waals surface area contributed by atoms with Gasteiger partial charge in [-0.1, -0.05) is 0 Å². The number of aromatic nitrogens is 2. The highest BCUT2D eigenvalue weighted by Gasteiger charge is 2.21. The SMILES string of the molecule is COc1cc(CCNC(=O)c2nc(N)nc3c2CCCC3)cc(OC)c1. The second-order valence-corrected chi connectivity index (χ2v) is 6.29. The Bertz CT molecular complexity index is 785. The zero-order valence-corrected chi connectivity index (χ0v) is 15.2. The number of fused-ring (bicyclic) bond motifs is 1. The summed E-state index contributed by atoms with van der Waals surface area (Å²) in [6.45, 7) is 0.480. The number of carbonyl (C=O) groups excluding carboxylic acids is 1. The number of nitrogens with zero attached hydrogens (tertiary/aromatic N) is 2. The van der Waals surface area contributed by atoms with E-state index in [4.69, 9.17) is 15.2 Å². The summed E-state index contributed by atoms with van der Waals surface area (Å²) in [6, 6.07) is 5.68. The number of ether oxygens (including phenoxy) is 2. The van der Waals surface area contributed by atoms with Crippen LogP contribution in [0.4, 0.5) is 5.95 Å². The molecular formula is C19H24N4O3. The van der Waals surface area contributed by atoms with Crippen molar-refractivity contribution < 1.29 is 14.3 Å². The number of nitrogen functional groups attached to an aromatic ring is 1. The Morgan fingerprint density at radius 3 is 2.50 bits per heavy atom. The first-order valence-electron chi connectivity index (χ1n) is 8.76. The normalized spacial score (nSPS) is 13.0. The van der Waals surface area contributed by atoms with E-state index in [9.17, 15) is 4.79 Å². The van der Waals surface area contributed by atoms with Gasteiger partial charge in [-0.05, 0) is 49.8 Å². The molecule has 3 rings (SSSR count). The second kappa shape index (κ2) is 8.03. The molecule has 1 amide bonds. The van der Waals surface area contributed by atoms with Crippen molar-refractivity contribution in [3.8, 4) is 11.5 Å². The summed E-state index contributed by atoms with van der Waals surface area (Å²) >= 11 is 0. The summed E-state index contributed by atoms with van der Waals surface area (Å²) in [6.07, 6.45) is 4.45. The van der Waals surface area contributed by atoms with Crippen LogP contribution in [0.5, 0.6) is 11.5 Å². The molecule has 7 nitrogen and oxygen atoms in total. The highest BCUT2D eigenvalue weighted by atomic mass is 16.5. The highest BCUT2D eigenvalue weighted by molar-refractivity contribution is 5.94. The molecule has 0 fully saturated rings. The molecular weight excluding hydrogens is 332 g/mol. The van der Waals surface area contributed by atoms with Crippen molar-refractivity contribution >= 4 is 11.9 Å². The Morgan fingerprint density at radius 1 is 1.12 bits per heavy atom. The number of methoxy groups -OCH3 is 2. The maximum Gasteiger partial charge on any atom is 0.270 e. The lowest BCUT2D eigenvalue weighted by Gasteiger charge is -2.18. The van der Waals surface area contributed by atoms with Crippen molar-refractivity contribution in [1.29, 1.82) is 0 Å². The molecule has 7 heteroatoms. The number of anilines is 1. The molecule has 26 heavy (non-hydrogen) atoms. The smallest absolute Gasteiger partial charge is 0.270 e. The highest BCUT2D eigenvalue weighted by Crippen LogP contribution is 2.24. The quantitative estimate of drug-likeness (QED) is 0.820. The van der Waals surface area contributed by atoms with Crippen LogP contribution in [0.2, 0.25) is 0 Å². The van der Waals surface area contributed by atoms with E-state index in [0.29, 0.717) is 18.7 Å². The molecule has 0 spiro atoms. The van der Waals surface area contributed by atoms with Gasteiger partial charge in [-0.25, -0.2) is 9.97 Å². The average molecular weight is 356 g/mol. The minimum absolute atomic E-state index is 0.160. The maximum atomic E-state index is 12.6. The van der Waals surface area contributed by atoms with E-state index in [1.54, 1.807) is 14.2 Å². The maximum absolute atomic E-state index is 12.6. The first-order chi connectivity index (χ1) is 12.6. The van der Waals surface area contributed by atoms with Crippen LogP contribution in [0.15, 0.2) is 18.2 Å². The predicted molar refractivity (Wildman–Crippen MR) is 98.7 cm³/mol. The molecule has 0 bridgehead atoms. The third-order valence-electron chi connectivity index (χ3n) is 4.53. The Hall–Kier alpha value is -2.83. The molecule has 1 heterocycles. The van der Waals surface area contributed by atoms with Gasteiger partial charge in [-0.2, -0.15) is 0 Å². The molecule has 0 aliphatic heterocycles. The van der Waals surface area contributed by atoms with Gasteiger partial charge >= 0.3 is 0 Å². The molecule has 1 aliphatic rings. The largest absolute Gasteiger partial charge is 0.497 e. The van der Waals surface area contributed by atoms with Crippen molar-refractivity contribution in [2.75, 3.05) is 26.5 Å². The Labute approximate surface area is 152 Å². The fourth-order valence-electron chi connectivity index (χ4n) is 3.22. The molecule has 0 radical (unpaired) electrons. The lowest BCUT2D eigenvalue weighted by molar-refractivity contribution is 0.0947. The van der Waals surface area contributed by atoms with Crippen LogP contribution >= 0.6 is 0 Å². The molecule has 0 saturated heterocycles. The van der Waals surface area contributed by atoms with E-state index < -0.39 is 0 Å². The molecule has 3 N–H and O–H groups in total. The predicted octanol–water partition coefficient (Wildman–Crippen LogP) is 1.93. The van der Waals surface area contributed by atoms with Crippen molar-refractivity contribution in [3.63, 3.8) is 0 Å². The van der Waals surface area contributed by atoms with Crippen LogP contribution in [0.3, 0.4) is 0 Å². The fourth-order valence-corrected chi connectivity index (χ4v) is 3.22. The number of benzene rings is 1. The van der Waals surface area contributed by atoms with Crippen LogP contribution in [-0.2, 0) is 19.3 Å². The van der Waals surface area contributed by atoms with E-state index in [2.05, 4.69) is 15.3 Å². The van der Waals surface area contributed by atoms with Crippen LogP contribution in [0, 0.1) is 0 Å². The topological polar surface area (TPSA) is 99.4 Å². The minimum atomic E-state index is -0.202. The lowest BCUT2D eigenvalue weighted by atomic mass is 9.94. The van der Waals surface area contributed by atoms with Gasteiger partial charge in [0.15, 0.2) is 0 Å². The van der Waals surface area contributed by atoms with Crippen LogP contribution in [0.1, 0.15) is 40.2 Å². The molecule has 0 unspecified atom stereocenters. The van der Waals surface area contributed by atoms with Crippen molar-refractivity contribution in [2.24, 2.45) is 0 Å². The van der Waals surface area contributed by atoms with E-state index >= 15 is 0 Å². The number of amides is 1. The summed E-state index contributed by atoms with van der Waals surface area (Å²) in [7, 11) is 3.23. The van der Waals surface area contributed by atoms with Gasteiger partial charge in [0.25, 0.3) is 5.91 Å². The number of rotatable bonds is 6. The molecule has 1 aromatic heterocycles. The first-order valence-corrected chi connectivity index (χ1v) is 8.76. The van der Waals surface area contributed by atoms with E-state index in [-0.39, 0.29) is 11.9 Å². The van der Waals surface area contributed by atoms with E-state index in [1.807, 2.05) is 18.2 Å². The van der Waals surface area contributed by atoms with Gasteiger partial charge < -0.3 is 20.5 Å². The van der Waals surface area contributed by atoms with Crippen LogP contribution in [0.25, 0.3) is 0 Å². The molecule has 0 saturated carbocycles. The third kappa shape index (κ3) is 4.04. The zero-order chi connectivity index (χ0) is 18.5. The van der Waals surface area contributed by atoms with Crippen molar-refractivity contribution in [1.82, 2.24) is 15.3 Å². The van der Waals surface area contributed by atoms with Gasteiger partial charge in [-0.15, -0.1) is 0 Å². The third-order valence-corrected chi connectivity index (χ3v) is 4.53. The molecule has 0 atom stereocenters. The molecule has 1 aromatic carbocycles. The van der Waals surface area contributed by atoms with Gasteiger partial charge in [0.1, 0.15) is 17.2 Å². The number of aryl methyl sites for hydroxylation is 1. The van der Waals surface area contributed by atoms with Gasteiger partial charge in [-0.3, -0.25) is 4.79 Å². The fraction of sp³-hybridized carbons (Fsp3) is 0.421. The number of hydrogen-bond donors (Lipinski definition) is 2. The van der Waals surface area contributed by atoms with Gasteiger partial charge in [0.2, 0.25) is 5.95 Å².